The van der Waals surface area contributed by atoms with Crippen LogP contribution >= 0.6 is 0 Å². The third-order valence-corrected chi connectivity index (χ3v) is 9.20. The Morgan fingerprint density at radius 3 is 2.55 bits per heavy atom. The average molecular weight is 398 g/mol. The van der Waals surface area contributed by atoms with Crippen LogP contribution < -0.4 is 5.63 Å². The maximum atomic E-state index is 13.6. The fourth-order valence-corrected chi connectivity index (χ4v) is 7.37. The lowest BCUT2D eigenvalue weighted by Crippen LogP contribution is -2.61. The fourth-order valence-electron chi connectivity index (χ4n) is 7.37. The number of ketones is 1. The summed E-state index contributed by atoms with van der Waals surface area (Å²) in [6.07, 6.45) is 8.57. The zero-order chi connectivity index (χ0) is 20.6. The summed E-state index contributed by atoms with van der Waals surface area (Å²) in [6, 6.07) is 3.13. The third-order valence-electron chi connectivity index (χ3n) is 9.20. The van der Waals surface area contributed by atoms with E-state index in [1.54, 1.807) is 6.07 Å². The van der Waals surface area contributed by atoms with Crippen LogP contribution in [-0.4, -0.2) is 27.7 Å². The zero-order valence-corrected chi connectivity index (χ0v) is 17.2. The molecule has 1 aromatic rings. The summed E-state index contributed by atoms with van der Waals surface area (Å²) in [7, 11) is 0. The van der Waals surface area contributed by atoms with E-state index < -0.39 is 16.6 Å². The topological polar surface area (TPSA) is 87.7 Å². The van der Waals surface area contributed by atoms with Crippen molar-refractivity contribution in [2.24, 2.45) is 22.7 Å². The van der Waals surface area contributed by atoms with Gasteiger partial charge in [0.1, 0.15) is 0 Å². The first kappa shape index (κ1) is 19.3. The Hall–Kier alpha value is -1.72. The highest BCUT2D eigenvalue weighted by Crippen LogP contribution is 2.67. The van der Waals surface area contributed by atoms with Crippen molar-refractivity contribution in [1.82, 2.24) is 0 Å². The predicted molar refractivity (Wildman–Crippen MR) is 107 cm³/mol. The monoisotopic (exact) mass is 398 g/mol. The van der Waals surface area contributed by atoms with Gasteiger partial charge in [0, 0.05) is 17.9 Å². The van der Waals surface area contributed by atoms with Crippen LogP contribution in [0.25, 0.3) is 0 Å². The van der Waals surface area contributed by atoms with Gasteiger partial charge in [-0.2, -0.15) is 0 Å². The van der Waals surface area contributed by atoms with Gasteiger partial charge in [0.05, 0.1) is 23.4 Å². The Labute approximate surface area is 170 Å². The molecule has 0 saturated heterocycles. The van der Waals surface area contributed by atoms with Crippen LogP contribution in [0.15, 0.2) is 39.3 Å². The second kappa shape index (κ2) is 6.14. The first-order chi connectivity index (χ1) is 13.7. The quantitative estimate of drug-likeness (QED) is 0.758. The van der Waals surface area contributed by atoms with Gasteiger partial charge in [-0.25, -0.2) is 4.79 Å². The van der Waals surface area contributed by atoms with E-state index in [0.717, 1.165) is 43.2 Å². The number of fused-ring (bicyclic) bond motifs is 5. The maximum absolute atomic E-state index is 13.6. The fraction of sp³-hybridized carbons (Fsp3) is 0.667. The normalized spacial score (nSPS) is 46.5. The van der Waals surface area contributed by atoms with Crippen molar-refractivity contribution in [3.8, 4) is 0 Å². The van der Waals surface area contributed by atoms with E-state index in [1.807, 2.05) is 13.0 Å². The molecule has 29 heavy (non-hydrogen) atoms. The maximum Gasteiger partial charge on any atom is 0.335 e. The summed E-state index contributed by atoms with van der Waals surface area (Å²) in [5.41, 5.74) is -0.598. The standard InChI is InChI=1S/C24H30O5/c1-22-9-7-16(25)11-15(22)4-5-18-19(22)12-20(26)23(2)17(8-10-24(18,23)28)14-3-6-21(27)29-13-14/h3,6,12-13,15-18,25,28H,4-5,7-11H2,1-2H3/t15-,16+,17-,18-,22+,23+,24+/m1/s1. The van der Waals surface area contributed by atoms with Crippen molar-refractivity contribution in [2.75, 3.05) is 0 Å². The molecule has 0 bridgehead atoms. The molecule has 3 fully saturated rings. The van der Waals surface area contributed by atoms with E-state index in [-0.39, 0.29) is 29.1 Å². The number of aliphatic hydroxyl groups is 2. The van der Waals surface area contributed by atoms with Crippen LogP contribution in [0.4, 0.5) is 0 Å². The van der Waals surface area contributed by atoms with Crippen molar-refractivity contribution in [3.63, 3.8) is 0 Å². The van der Waals surface area contributed by atoms with Gasteiger partial charge in [-0.1, -0.05) is 12.5 Å². The van der Waals surface area contributed by atoms with Crippen molar-refractivity contribution in [3.05, 3.63) is 46.0 Å². The van der Waals surface area contributed by atoms with Crippen molar-refractivity contribution in [1.29, 1.82) is 0 Å². The van der Waals surface area contributed by atoms with Crippen molar-refractivity contribution < 1.29 is 19.4 Å². The lowest BCUT2D eigenvalue weighted by molar-refractivity contribution is -0.155. The molecule has 1 heterocycles. The van der Waals surface area contributed by atoms with Crippen molar-refractivity contribution in [2.45, 2.75) is 76.4 Å². The summed E-state index contributed by atoms with van der Waals surface area (Å²) in [4.78, 5) is 25.0. The molecular formula is C24H30O5. The van der Waals surface area contributed by atoms with E-state index in [0.29, 0.717) is 18.8 Å². The van der Waals surface area contributed by atoms with Gasteiger partial charge in [0.25, 0.3) is 0 Å². The molecule has 1 aromatic heterocycles. The number of carbonyl (C=O) groups excluding carboxylic acids is 1. The van der Waals surface area contributed by atoms with Gasteiger partial charge < -0.3 is 14.6 Å². The van der Waals surface area contributed by atoms with Gasteiger partial charge in [-0.05, 0) is 80.9 Å². The average Bonchev–Trinajstić information content (AvgIpc) is 2.97. The molecule has 4 aliphatic carbocycles. The molecular weight excluding hydrogens is 368 g/mol. The smallest absolute Gasteiger partial charge is 0.335 e. The summed E-state index contributed by atoms with van der Waals surface area (Å²) in [5, 5.41) is 22.2. The van der Waals surface area contributed by atoms with E-state index in [2.05, 4.69) is 6.92 Å². The number of aliphatic hydroxyl groups excluding tert-OH is 1. The second-order valence-corrected chi connectivity index (χ2v) is 10.2. The summed E-state index contributed by atoms with van der Waals surface area (Å²) in [5.74, 6) is 0.173. The zero-order valence-electron chi connectivity index (χ0n) is 17.2. The molecule has 0 amide bonds. The molecule has 0 aromatic carbocycles. The van der Waals surface area contributed by atoms with Gasteiger partial charge in [-0.3, -0.25) is 4.79 Å². The SMILES string of the molecule is C[C@]12CC[C@H](O)C[C@H]1CC[C@@H]1C2=CC(=O)[C@]2(C)[C@@H](c3ccc(=O)oc3)CC[C@]12O. The summed E-state index contributed by atoms with van der Waals surface area (Å²) in [6.45, 7) is 4.14. The minimum Gasteiger partial charge on any atom is -0.431 e. The lowest BCUT2D eigenvalue weighted by atomic mass is 9.47. The molecule has 2 N–H and O–H groups in total. The minimum atomic E-state index is -1.08. The molecule has 5 heteroatoms. The number of rotatable bonds is 1. The molecule has 3 saturated carbocycles. The van der Waals surface area contributed by atoms with Crippen LogP contribution in [0.5, 0.6) is 0 Å². The number of hydrogen-bond acceptors (Lipinski definition) is 5. The van der Waals surface area contributed by atoms with Gasteiger partial charge in [-0.15, -0.1) is 0 Å². The van der Waals surface area contributed by atoms with Gasteiger partial charge in [0.2, 0.25) is 0 Å². The molecule has 4 aliphatic rings. The van der Waals surface area contributed by atoms with Crippen LogP contribution in [0.1, 0.15) is 70.3 Å². The second-order valence-electron chi connectivity index (χ2n) is 10.2. The summed E-state index contributed by atoms with van der Waals surface area (Å²) < 4.78 is 5.08. The van der Waals surface area contributed by atoms with E-state index >= 15 is 0 Å². The van der Waals surface area contributed by atoms with E-state index in [9.17, 15) is 19.8 Å². The Bertz CT molecular complexity index is 926. The van der Waals surface area contributed by atoms with Crippen LogP contribution in [-0.2, 0) is 4.79 Å². The lowest BCUT2D eigenvalue weighted by Gasteiger charge is -2.58. The molecule has 5 rings (SSSR count). The number of hydrogen-bond donors (Lipinski definition) is 2. The number of carbonyl (C=O) groups is 1. The molecule has 0 aliphatic heterocycles. The predicted octanol–water partition coefficient (Wildman–Crippen LogP) is 3.34. The van der Waals surface area contributed by atoms with Gasteiger partial charge >= 0.3 is 5.63 Å². The summed E-state index contributed by atoms with van der Waals surface area (Å²) >= 11 is 0. The number of allylic oxidation sites excluding steroid dienone is 1. The first-order valence-electron chi connectivity index (χ1n) is 11.0. The third kappa shape index (κ3) is 2.40. The van der Waals surface area contributed by atoms with E-state index in [1.165, 1.54) is 12.3 Å². The highest BCUT2D eigenvalue weighted by molar-refractivity contribution is 5.99. The Balaban J connectivity index is 1.59. The van der Waals surface area contributed by atoms with E-state index in [4.69, 9.17) is 4.42 Å². The molecule has 0 unspecified atom stereocenters. The van der Waals surface area contributed by atoms with Crippen LogP contribution in [0.3, 0.4) is 0 Å². The molecule has 156 valence electrons. The Morgan fingerprint density at radius 1 is 1.03 bits per heavy atom. The van der Waals surface area contributed by atoms with Crippen LogP contribution in [0.2, 0.25) is 0 Å². The van der Waals surface area contributed by atoms with Crippen LogP contribution in [0, 0.1) is 22.7 Å². The highest BCUT2D eigenvalue weighted by atomic mass is 16.4. The van der Waals surface area contributed by atoms with Gasteiger partial charge in [0.15, 0.2) is 5.78 Å². The Morgan fingerprint density at radius 2 is 1.83 bits per heavy atom. The Kier molecular flexibility index (Phi) is 4.08. The first-order valence-corrected chi connectivity index (χ1v) is 11.0. The minimum absolute atomic E-state index is 0.00653. The molecule has 5 nitrogen and oxygen atoms in total. The van der Waals surface area contributed by atoms with Crippen molar-refractivity contribution >= 4 is 5.78 Å². The largest absolute Gasteiger partial charge is 0.431 e. The molecule has 0 spiro atoms. The molecule has 0 radical (unpaired) electrons. The molecule has 7 atom stereocenters. The highest BCUT2D eigenvalue weighted by Gasteiger charge is 2.68.